The van der Waals surface area contributed by atoms with E-state index in [0.717, 1.165) is 0 Å². The highest BCUT2D eigenvalue weighted by molar-refractivity contribution is 9.42. The van der Waals surface area contributed by atoms with Gasteiger partial charge in [-0.05, 0) is 0 Å². The first-order chi connectivity index (χ1) is 2.94. The van der Waals surface area contributed by atoms with E-state index in [1.807, 2.05) is 0 Å². The Morgan fingerprint density at radius 3 is 1.57 bits per heavy atom. The van der Waals surface area contributed by atoms with Gasteiger partial charge >= 0.3 is 0 Å². The maximum atomic E-state index is 10.3. The topological polar surface area (TPSA) is 17.1 Å². The SMILES string of the molecule is O=[S-](=S)C(Br)(Br)Br. The Bertz CT molecular complexity index is 113. The Kier molecular flexibility index (Phi) is 3.90. The lowest BCUT2D eigenvalue weighted by Crippen LogP contribution is -1.97. The lowest BCUT2D eigenvalue weighted by molar-refractivity contribution is 0.605. The third kappa shape index (κ3) is 4.32. The van der Waals surface area contributed by atoms with Crippen LogP contribution in [0.1, 0.15) is 0 Å². The van der Waals surface area contributed by atoms with Crippen LogP contribution in [0.5, 0.6) is 0 Å². The average Bonchev–Trinajstić information content (AvgIpc) is 1.31. The Morgan fingerprint density at radius 1 is 1.43 bits per heavy atom. The average molecular weight is 332 g/mol. The third-order valence-corrected chi connectivity index (χ3v) is 5.89. The van der Waals surface area contributed by atoms with Gasteiger partial charge in [-0.3, -0.25) is 0 Å². The monoisotopic (exact) mass is 329 g/mol. The summed E-state index contributed by atoms with van der Waals surface area (Å²) in [6.07, 6.45) is 0. The molecule has 0 aliphatic rings. The molecule has 0 aliphatic carbocycles. The largest absolute Gasteiger partial charge is 0.448 e. The normalized spacial score (nSPS) is 12.6. The van der Waals surface area contributed by atoms with Crippen molar-refractivity contribution in [1.82, 2.24) is 0 Å². The van der Waals surface area contributed by atoms with Gasteiger partial charge in [0.2, 0.25) is 0 Å². The zero-order valence-corrected chi connectivity index (χ0v) is 9.25. The summed E-state index contributed by atoms with van der Waals surface area (Å²) < 4.78 is 9.48. The highest BCUT2D eigenvalue weighted by Gasteiger charge is 2.06. The van der Waals surface area contributed by atoms with Gasteiger partial charge in [-0.15, -0.1) is 0 Å². The van der Waals surface area contributed by atoms with Gasteiger partial charge < -0.3 is 4.21 Å². The minimum absolute atomic E-state index is 0.775. The molecule has 0 aliphatic heterocycles. The second kappa shape index (κ2) is 3.10. The van der Waals surface area contributed by atoms with E-state index >= 15 is 0 Å². The van der Waals surface area contributed by atoms with Gasteiger partial charge in [0.1, 0.15) is 0 Å². The quantitative estimate of drug-likeness (QED) is 0.500. The van der Waals surface area contributed by atoms with E-state index in [2.05, 4.69) is 59.0 Å². The molecule has 0 N–H and O–H groups in total. The van der Waals surface area contributed by atoms with Gasteiger partial charge in [0.15, 0.2) is 0 Å². The van der Waals surface area contributed by atoms with Crippen LogP contribution in [0.2, 0.25) is 0 Å². The van der Waals surface area contributed by atoms with E-state index in [1.165, 1.54) is 0 Å². The van der Waals surface area contributed by atoms with Crippen molar-refractivity contribution < 1.29 is 4.21 Å². The molecule has 0 heterocycles. The van der Waals surface area contributed by atoms with Gasteiger partial charge in [0.25, 0.3) is 0 Å². The predicted molar refractivity (Wildman–Crippen MR) is 44.9 cm³/mol. The lowest BCUT2D eigenvalue weighted by Gasteiger charge is -2.11. The van der Waals surface area contributed by atoms with Crippen LogP contribution in [0.15, 0.2) is 0 Å². The van der Waals surface area contributed by atoms with Crippen molar-refractivity contribution in [1.29, 1.82) is 0 Å². The Labute approximate surface area is 73.3 Å². The standard InChI is InChI=1S/CBr3OS2/c2-1(3,4)7(5)6/q-1. The second-order valence-electron chi connectivity index (χ2n) is 0.680. The van der Waals surface area contributed by atoms with Crippen LogP contribution < -0.4 is 0 Å². The van der Waals surface area contributed by atoms with E-state index in [-0.39, 0.29) is 0 Å². The molecule has 0 spiro atoms. The van der Waals surface area contributed by atoms with Crippen LogP contribution in [-0.2, 0) is 24.8 Å². The van der Waals surface area contributed by atoms with Gasteiger partial charge in [-0.2, -0.15) is 9.36 Å². The van der Waals surface area contributed by atoms with Crippen molar-refractivity contribution in [3.63, 3.8) is 0 Å². The fraction of sp³-hybridized carbons (Fsp3) is 1.00. The molecule has 6 heteroatoms. The van der Waals surface area contributed by atoms with Crippen LogP contribution in [-0.4, -0.2) is 1.47 Å². The first-order valence-electron chi connectivity index (χ1n) is 1.10. The van der Waals surface area contributed by atoms with Crippen molar-refractivity contribution in [2.75, 3.05) is 0 Å². The molecule has 44 valence electrons. The highest BCUT2D eigenvalue weighted by Crippen LogP contribution is 2.34. The molecule has 0 aromatic carbocycles. The van der Waals surface area contributed by atoms with Crippen LogP contribution >= 0.6 is 47.8 Å². The first kappa shape index (κ1) is 8.81. The van der Waals surface area contributed by atoms with Crippen molar-refractivity contribution in [2.24, 2.45) is 0 Å². The molecule has 0 saturated carbocycles. The summed E-state index contributed by atoms with van der Waals surface area (Å²) in [5.41, 5.74) is 0. The number of hydrogen-bond acceptors (Lipinski definition) is 3. The van der Waals surface area contributed by atoms with E-state index in [4.69, 9.17) is 0 Å². The van der Waals surface area contributed by atoms with Crippen LogP contribution in [0, 0.1) is 0 Å². The molecule has 0 radical (unpaired) electrons. The Hall–Kier alpha value is 1.81. The van der Waals surface area contributed by atoms with Crippen molar-refractivity contribution in [3.8, 4) is 0 Å². The molecule has 0 rings (SSSR count). The van der Waals surface area contributed by atoms with Crippen molar-refractivity contribution >= 4 is 68.3 Å². The lowest BCUT2D eigenvalue weighted by atomic mass is 11.9. The predicted octanol–water partition coefficient (Wildman–Crippen LogP) is 2.21. The molecule has 0 atom stereocenters. The minimum atomic E-state index is -1.35. The van der Waals surface area contributed by atoms with Crippen molar-refractivity contribution in [2.45, 2.75) is 1.47 Å². The van der Waals surface area contributed by atoms with Crippen LogP contribution in [0.25, 0.3) is 0 Å². The maximum Gasteiger partial charge on any atom is 0.0967 e. The van der Waals surface area contributed by atoms with Crippen LogP contribution in [0.3, 0.4) is 0 Å². The molecule has 0 amide bonds. The number of hydrogen-bond donors (Lipinski definition) is 0. The Balaban J connectivity index is 4.08. The van der Waals surface area contributed by atoms with E-state index in [0.29, 0.717) is 0 Å². The maximum absolute atomic E-state index is 10.3. The van der Waals surface area contributed by atoms with Crippen molar-refractivity contribution in [3.05, 3.63) is 0 Å². The summed E-state index contributed by atoms with van der Waals surface area (Å²) in [7, 11) is -1.35. The number of alkyl halides is 3. The Morgan fingerprint density at radius 2 is 1.57 bits per heavy atom. The molecule has 0 aromatic rings. The molecule has 1 nitrogen and oxygen atoms in total. The third-order valence-electron chi connectivity index (χ3n) is 0.189. The zero-order valence-electron chi connectivity index (χ0n) is 2.86. The van der Waals surface area contributed by atoms with Gasteiger partial charge in [-0.25, -0.2) is 11.2 Å². The number of rotatable bonds is 0. The molecule has 0 saturated heterocycles. The van der Waals surface area contributed by atoms with Crippen LogP contribution in [0.4, 0.5) is 0 Å². The molecule has 0 unspecified atom stereocenters. The molecule has 0 fully saturated rings. The fourth-order valence-electron chi connectivity index (χ4n) is 0. The first-order valence-corrected chi connectivity index (χ1v) is 5.56. The highest BCUT2D eigenvalue weighted by atomic mass is 80.0. The fourth-order valence-corrected chi connectivity index (χ4v) is 0. The minimum Gasteiger partial charge on any atom is -0.448 e. The molecular formula is CBr3OS2-. The summed E-state index contributed by atoms with van der Waals surface area (Å²) in [6.45, 7) is 0. The summed E-state index contributed by atoms with van der Waals surface area (Å²) in [5.74, 6) is 0. The second-order valence-corrected chi connectivity index (χ2v) is 11.0. The summed E-state index contributed by atoms with van der Waals surface area (Å²) in [5, 5.41) is 0. The summed E-state index contributed by atoms with van der Waals surface area (Å²) >= 11 is 13.3. The molecule has 0 aromatic heterocycles. The van der Waals surface area contributed by atoms with Gasteiger partial charge in [0, 0.05) is 0 Å². The number of halogens is 3. The van der Waals surface area contributed by atoms with Gasteiger partial charge in [-0.1, -0.05) is 47.8 Å². The molecule has 0 bridgehead atoms. The van der Waals surface area contributed by atoms with E-state index in [9.17, 15) is 4.21 Å². The molecular weight excluding hydrogens is 332 g/mol. The zero-order chi connectivity index (χ0) is 6.08. The smallest absolute Gasteiger partial charge is 0.0967 e. The van der Waals surface area contributed by atoms with Gasteiger partial charge in [0.05, 0.1) is 1.47 Å². The summed E-state index contributed by atoms with van der Waals surface area (Å²) in [6, 6.07) is 0. The van der Waals surface area contributed by atoms with E-state index < -0.39 is 10.8 Å². The summed E-state index contributed by atoms with van der Waals surface area (Å²) in [4.78, 5) is 0. The molecule has 7 heavy (non-hydrogen) atoms. The van der Waals surface area contributed by atoms with E-state index in [1.54, 1.807) is 0 Å².